The molecule has 1 aliphatic carbocycles. The van der Waals surface area contributed by atoms with Gasteiger partial charge in [0.15, 0.2) is 0 Å². The van der Waals surface area contributed by atoms with Crippen LogP contribution in [0.15, 0.2) is 47.4 Å². The van der Waals surface area contributed by atoms with Gasteiger partial charge in [-0.3, -0.25) is 9.69 Å². The molecule has 0 aromatic heterocycles. The van der Waals surface area contributed by atoms with E-state index >= 15 is 0 Å². The Labute approximate surface area is 141 Å². The molecular formula is C18H19NOS2. The summed E-state index contributed by atoms with van der Waals surface area (Å²) in [5.41, 5.74) is 2.34. The summed E-state index contributed by atoms with van der Waals surface area (Å²) in [5.74, 6) is 0.531. The third-order valence-electron chi connectivity index (χ3n) is 4.03. The monoisotopic (exact) mass is 329 g/mol. The fraction of sp³-hybridized carbons (Fsp3) is 0.333. The van der Waals surface area contributed by atoms with E-state index in [-0.39, 0.29) is 5.91 Å². The quantitative estimate of drug-likeness (QED) is 0.459. The smallest absolute Gasteiger partial charge is 0.266 e. The number of nitrogens with zero attached hydrogens (tertiary/aromatic N) is 1. The number of aryl methyl sites for hydroxylation is 1. The van der Waals surface area contributed by atoms with E-state index in [0.29, 0.717) is 16.8 Å². The first-order valence-corrected chi connectivity index (χ1v) is 8.82. The first-order valence-electron chi connectivity index (χ1n) is 7.59. The molecule has 1 heterocycles. The van der Waals surface area contributed by atoms with Gasteiger partial charge in [0.1, 0.15) is 4.32 Å². The first kappa shape index (κ1) is 15.5. The fourth-order valence-electron chi connectivity index (χ4n) is 2.71. The van der Waals surface area contributed by atoms with Crippen molar-refractivity contribution in [1.82, 2.24) is 4.90 Å². The Morgan fingerprint density at radius 2 is 2.09 bits per heavy atom. The topological polar surface area (TPSA) is 20.3 Å². The maximum Gasteiger partial charge on any atom is 0.266 e. The summed E-state index contributed by atoms with van der Waals surface area (Å²) in [5, 5.41) is 0. The molecule has 2 nitrogen and oxygen atoms in total. The molecule has 114 valence electrons. The minimum atomic E-state index is 0.0603. The van der Waals surface area contributed by atoms with E-state index in [4.69, 9.17) is 12.2 Å². The molecule has 0 N–H and O–H groups in total. The van der Waals surface area contributed by atoms with Crippen molar-refractivity contribution in [2.45, 2.75) is 32.7 Å². The van der Waals surface area contributed by atoms with E-state index < -0.39 is 0 Å². The van der Waals surface area contributed by atoms with Crippen LogP contribution in [-0.4, -0.2) is 15.1 Å². The van der Waals surface area contributed by atoms with Crippen molar-refractivity contribution in [3.63, 3.8) is 0 Å². The van der Waals surface area contributed by atoms with E-state index in [0.717, 1.165) is 29.7 Å². The number of hydrogen-bond acceptors (Lipinski definition) is 3. The van der Waals surface area contributed by atoms with E-state index in [1.54, 1.807) is 4.90 Å². The van der Waals surface area contributed by atoms with Gasteiger partial charge in [-0.1, -0.05) is 72.0 Å². The van der Waals surface area contributed by atoms with Crippen LogP contribution in [0.2, 0.25) is 0 Å². The molecule has 1 aromatic carbocycles. The van der Waals surface area contributed by atoms with Gasteiger partial charge in [-0.05, 0) is 37.7 Å². The molecule has 4 heteroatoms. The second kappa shape index (κ2) is 6.80. The van der Waals surface area contributed by atoms with Gasteiger partial charge in [-0.2, -0.15) is 0 Å². The lowest BCUT2D eigenvalue weighted by molar-refractivity contribution is -0.122. The maximum atomic E-state index is 12.6. The average molecular weight is 329 g/mol. The van der Waals surface area contributed by atoms with Gasteiger partial charge in [0, 0.05) is 0 Å². The molecule has 0 spiro atoms. The van der Waals surface area contributed by atoms with Gasteiger partial charge in [-0.15, -0.1) is 0 Å². The van der Waals surface area contributed by atoms with Gasteiger partial charge < -0.3 is 0 Å². The zero-order valence-corrected chi connectivity index (χ0v) is 14.3. The Balaban J connectivity index is 1.72. The molecular weight excluding hydrogens is 310 g/mol. The third-order valence-corrected chi connectivity index (χ3v) is 5.43. The predicted octanol–water partition coefficient (Wildman–Crippen LogP) is 4.60. The molecule has 0 saturated carbocycles. The third kappa shape index (κ3) is 3.50. The van der Waals surface area contributed by atoms with Crippen LogP contribution in [0.4, 0.5) is 0 Å². The zero-order valence-electron chi connectivity index (χ0n) is 12.6. The summed E-state index contributed by atoms with van der Waals surface area (Å²) in [6.45, 7) is 2.62. The first-order chi connectivity index (χ1) is 10.6. The van der Waals surface area contributed by atoms with Crippen LogP contribution in [0.25, 0.3) is 0 Å². The van der Waals surface area contributed by atoms with Crippen molar-refractivity contribution in [2.75, 3.05) is 0 Å². The summed E-state index contributed by atoms with van der Waals surface area (Å²) < 4.78 is 0.670. The Kier molecular flexibility index (Phi) is 4.79. The molecule has 2 aliphatic rings. The largest absolute Gasteiger partial charge is 0.288 e. The minimum Gasteiger partial charge on any atom is -0.288 e. The molecule has 1 amide bonds. The van der Waals surface area contributed by atoms with Crippen molar-refractivity contribution >= 4 is 34.2 Å². The number of allylic oxidation sites excluding steroid dienone is 3. The van der Waals surface area contributed by atoms with Gasteiger partial charge in [-0.25, -0.2) is 0 Å². The van der Waals surface area contributed by atoms with E-state index in [2.05, 4.69) is 49.4 Å². The van der Waals surface area contributed by atoms with Crippen LogP contribution in [-0.2, 0) is 11.3 Å². The number of benzene rings is 1. The number of thioether (sulfide) groups is 1. The van der Waals surface area contributed by atoms with Crippen LogP contribution < -0.4 is 0 Å². The lowest BCUT2D eigenvalue weighted by Crippen LogP contribution is -2.27. The predicted molar refractivity (Wildman–Crippen MR) is 96.5 cm³/mol. The number of hydrogen-bond donors (Lipinski definition) is 0. The summed E-state index contributed by atoms with van der Waals surface area (Å²) in [6, 6.07) is 8.25. The summed E-state index contributed by atoms with van der Waals surface area (Å²) >= 11 is 6.84. The lowest BCUT2D eigenvalue weighted by atomic mass is 9.94. The van der Waals surface area contributed by atoms with Gasteiger partial charge in [0.25, 0.3) is 5.91 Å². The maximum absolute atomic E-state index is 12.6. The zero-order chi connectivity index (χ0) is 15.5. The van der Waals surface area contributed by atoms with Gasteiger partial charge in [0.05, 0.1) is 11.4 Å². The van der Waals surface area contributed by atoms with Gasteiger partial charge in [0.2, 0.25) is 0 Å². The lowest BCUT2D eigenvalue weighted by Gasteiger charge is -2.15. The number of rotatable bonds is 3. The van der Waals surface area contributed by atoms with E-state index in [1.165, 1.54) is 17.3 Å². The van der Waals surface area contributed by atoms with Crippen molar-refractivity contribution < 1.29 is 4.79 Å². The molecule has 1 aromatic rings. The normalized spacial score (nSPS) is 23.6. The van der Waals surface area contributed by atoms with Crippen LogP contribution in [0.1, 0.15) is 30.4 Å². The summed E-state index contributed by atoms with van der Waals surface area (Å²) in [6.07, 6.45) is 9.80. The van der Waals surface area contributed by atoms with Crippen molar-refractivity contribution in [2.24, 2.45) is 5.92 Å². The number of amides is 1. The van der Waals surface area contributed by atoms with Crippen molar-refractivity contribution in [1.29, 1.82) is 0 Å². The molecule has 3 rings (SSSR count). The number of carbonyl (C=O) groups is 1. The molecule has 1 fully saturated rings. The van der Waals surface area contributed by atoms with E-state index in [9.17, 15) is 4.79 Å². The second-order valence-electron chi connectivity index (χ2n) is 5.82. The molecule has 1 saturated heterocycles. The van der Waals surface area contributed by atoms with Crippen LogP contribution in [0.3, 0.4) is 0 Å². The average Bonchev–Trinajstić information content (AvgIpc) is 2.78. The standard InChI is InChI=1S/C18H19NOS2/c1-13-7-9-15(10-8-13)12-19-17(20)16(22-18(19)21)11-14-5-3-2-4-6-14/h2-3,7-11,14H,4-6,12H2,1H3/b16-11-. The highest BCUT2D eigenvalue weighted by Crippen LogP contribution is 2.34. The van der Waals surface area contributed by atoms with E-state index in [1.807, 2.05) is 0 Å². The molecule has 22 heavy (non-hydrogen) atoms. The Morgan fingerprint density at radius 1 is 1.32 bits per heavy atom. The van der Waals surface area contributed by atoms with Crippen LogP contribution in [0.5, 0.6) is 0 Å². The SMILES string of the molecule is Cc1ccc(CN2C(=O)/C(=C/C3CC=CCC3)SC2=S)cc1. The molecule has 1 aliphatic heterocycles. The fourth-order valence-corrected chi connectivity index (χ4v) is 4.03. The van der Waals surface area contributed by atoms with Gasteiger partial charge >= 0.3 is 0 Å². The minimum absolute atomic E-state index is 0.0603. The summed E-state index contributed by atoms with van der Waals surface area (Å²) in [4.78, 5) is 15.1. The number of carbonyl (C=O) groups excluding carboxylic acids is 1. The Morgan fingerprint density at radius 3 is 2.77 bits per heavy atom. The molecule has 0 radical (unpaired) electrons. The van der Waals surface area contributed by atoms with Crippen LogP contribution in [0, 0.1) is 12.8 Å². The van der Waals surface area contributed by atoms with Crippen LogP contribution >= 0.6 is 24.0 Å². The summed E-state index contributed by atoms with van der Waals surface area (Å²) in [7, 11) is 0. The van der Waals surface area contributed by atoms with Crippen molar-refractivity contribution in [3.05, 3.63) is 58.5 Å². The Bertz CT molecular complexity index is 646. The second-order valence-corrected chi connectivity index (χ2v) is 7.50. The Hall–Kier alpha value is -1.39. The van der Waals surface area contributed by atoms with Crippen molar-refractivity contribution in [3.8, 4) is 0 Å². The number of thiocarbonyl (C=S) groups is 1. The highest BCUT2D eigenvalue weighted by molar-refractivity contribution is 8.26. The highest BCUT2D eigenvalue weighted by atomic mass is 32.2. The molecule has 0 bridgehead atoms. The molecule has 1 unspecified atom stereocenters. The highest BCUT2D eigenvalue weighted by Gasteiger charge is 2.32. The molecule has 1 atom stereocenters.